The topological polar surface area (TPSA) is 68.6 Å². The van der Waals surface area contributed by atoms with Crippen molar-refractivity contribution in [2.45, 2.75) is 20.4 Å². The summed E-state index contributed by atoms with van der Waals surface area (Å²) in [7, 11) is 0. The van der Waals surface area contributed by atoms with Crippen LogP contribution in [0, 0.1) is 6.92 Å². The van der Waals surface area contributed by atoms with Crippen molar-refractivity contribution in [2.24, 2.45) is 0 Å². The summed E-state index contributed by atoms with van der Waals surface area (Å²) in [6.45, 7) is 6.45. The van der Waals surface area contributed by atoms with Gasteiger partial charge in [-0.1, -0.05) is 36.7 Å². The van der Waals surface area contributed by atoms with Crippen LogP contribution in [0.5, 0.6) is 11.5 Å². The fraction of sp³-hybridized carbons (Fsp3) is 0.304. The van der Waals surface area contributed by atoms with Gasteiger partial charge in [-0.15, -0.1) is 0 Å². The minimum absolute atomic E-state index is 0.109. The first-order chi connectivity index (χ1) is 15.0. The molecule has 8 heteroatoms. The van der Waals surface area contributed by atoms with E-state index in [1.54, 1.807) is 10.7 Å². The number of para-hydroxylation sites is 1. The van der Waals surface area contributed by atoms with E-state index in [1.165, 1.54) is 0 Å². The maximum atomic E-state index is 12.7. The minimum Gasteiger partial charge on any atom is -0.486 e. The summed E-state index contributed by atoms with van der Waals surface area (Å²) >= 11 is 6.65. The van der Waals surface area contributed by atoms with Crippen molar-refractivity contribution in [1.29, 1.82) is 0 Å². The average Bonchev–Trinajstić information content (AvgIpc) is 3.07. The Morgan fingerprint density at radius 1 is 1.16 bits per heavy atom. The first kappa shape index (κ1) is 21.2. The lowest BCUT2D eigenvalue weighted by Gasteiger charge is -2.21. The summed E-state index contributed by atoms with van der Waals surface area (Å²) in [5, 5.41) is 8.08. The largest absolute Gasteiger partial charge is 0.486 e. The van der Waals surface area contributed by atoms with Gasteiger partial charge in [-0.05, 0) is 37.7 Å². The third-order valence-electron chi connectivity index (χ3n) is 5.14. The number of likely N-dealkylation sites (N-methyl/N-ethyl adjacent to an activating group) is 1. The molecule has 1 aromatic heterocycles. The fourth-order valence-electron chi connectivity index (χ4n) is 3.48. The number of fused-ring (bicyclic) bond motifs is 1. The first-order valence-corrected chi connectivity index (χ1v) is 10.6. The van der Waals surface area contributed by atoms with Crippen LogP contribution in [0.4, 0.5) is 5.69 Å². The SMILES string of the molecule is CCN(CC(=O)Nc1ccc2c(c1)OCCO2)Cc1c(C)nn(-c2ccccc2)c1Cl. The molecule has 3 aromatic rings. The molecule has 1 aliphatic heterocycles. The predicted molar refractivity (Wildman–Crippen MR) is 120 cm³/mol. The van der Waals surface area contributed by atoms with Gasteiger partial charge >= 0.3 is 0 Å². The van der Waals surface area contributed by atoms with Crippen LogP contribution < -0.4 is 14.8 Å². The number of aryl methyl sites for hydroxylation is 1. The zero-order valence-corrected chi connectivity index (χ0v) is 18.4. The number of benzene rings is 2. The highest BCUT2D eigenvalue weighted by atomic mass is 35.5. The van der Waals surface area contributed by atoms with E-state index in [-0.39, 0.29) is 12.5 Å². The van der Waals surface area contributed by atoms with Gasteiger partial charge in [-0.2, -0.15) is 5.10 Å². The average molecular weight is 441 g/mol. The number of carbonyl (C=O) groups excluding carboxylic acids is 1. The molecule has 0 saturated heterocycles. The van der Waals surface area contributed by atoms with Crippen LogP contribution >= 0.6 is 11.6 Å². The van der Waals surface area contributed by atoms with Crippen LogP contribution in [0.2, 0.25) is 5.15 Å². The number of hydrogen-bond donors (Lipinski definition) is 1. The maximum Gasteiger partial charge on any atom is 0.238 e. The molecular weight excluding hydrogens is 416 g/mol. The molecule has 0 spiro atoms. The van der Waals surface area contributed by atoms with Gasteiger partial charge in [0, 0.05) is 23.9 Å². The zero-order chi connectivity index (χ0) is 21.8. The van der Waals surface area contributed by atoms with Crippen LogP contribution in [0.1, 0.15) is 18.2 Å². The lowest BCUT2D eigenvalue weighted by atomic mass is 10.2. The Hall–Kier alpha value is -3.03. The van der Waals surface area contributed by atoms with Crippen LogP contribution in [-0.2, 0) is 11.3 Å². The molecule has 0 unspecified atom stereocenters. The third kappa shape index (κ3) is 4.84. The van der Waals surface area contributed by atoms with Gasteiger partial charge in [0.1, 0.15) is 18.4 Å². The molecule has 0 radical (unpaired) electrons. The molecule has 0 saturated carbocycles. The second-order valence-corrected chi connectivity index (χ2v) is 7.67. The number of nitrogens with zero attached hydrogens (tertiary/aromatic N) is 3. The highest BCUT2D eigenvalue weighted by Crippen LogP contribution is 2.32. The molecule has 7 nitrogen and oxygen atoms in total. The number of ether oxygens (including phenoxy) is 2. The molecule has 162 valence electrons. The summed E-state index contributed by atoms with van der Waals surface area (Å²) in [4.78, 5) is 14.7. The second kappa shape index (κ2) is 9.41. The highest BCUT2D eigenvalue weighted by molar-refractivity contribution is 6.30. The Morgan fingerprint density at radius 3 is 2.65 bits per heavy atom. The number of amides is 1. The molecule has 1 amide bonds. The van der Waals surface area contributed by atoms with Gasteiger partial charge < -0.3 is 14.8 Å². The molecule has 1 N–H and O–H groups in total. The Balaban J connectivity index is 1.43. The molecule has 0 atom stereocenters. The predicted octanol–water partition coefficient (Wildman–Crippen LogP) is 4.07. The van der Waals surface area contributed by atoms with Crippen molar-refractivity contribution in [3.05, 3.63) is 64.9 Å². The second-order valence-electron chi connectivity index (χ2n) is 7.31. The Kier molecular flexibility index (Phi) is 6.44. The van der Waals surface area contributed by atoms with E-state index in [1.807, 2.05) is 61.2 Å². The normalized spacial score (nSPS) is 12.8. The van der Waals surface area contributed by atoms with E-state index < -0.39 is 0 Å². The molecule has 4 rings (SSSR count). The minimum atomic E-state index is -0.109. The van der Waals surface area contributed by atoms with E-state index in [4.69, 9.17) is 21.1 Å². The number of rotatable bonds is 7. The molecule has 0 aliphatic carbocycles. The van der Waals surface area contributed by atoms with Gasteiger partial charge in [0.2, 0.25) is 5.91 Å². The lowest BCUT2D eigenvalue weighted by Crippen LogP contribution is -2.33. The van der Waals surface area contributed by atoms with Gasteiger partial charge in [-0.25, -0.2) is 4.68 Å². The quantitative estimate of drug-likeness (QED) is 0.600. The van der Waals surface area contributed by atoms with Crippen LogP contribution in [-0.4, -0.2) is 46.9 Å². The molecule has 31 heavy (non-hydrogen) atoms. The summed E-state index contributed by atoms with van der Waals surface area (Å²) < 4.78 is 12.8. The summed E-state index contributed by atoms with van der Waals surface area (Å²) in [6.07, 6.45) is 0. The lowest BCUT2D eigenvalue weighted by molar-refractivity contribution is -0.117. The molecule has 0 bridgehead atoms. The van der Waals surface area contributed by atoms with Crippen molar-refractivity contribution >= 4 is 23.2 Å². The molecule has 1 aliphatic rings. The number of halogens is 1. The summed E-state index contributed by atoms with van der Waals surface area (Å²) in [5.74, 6) is 1.23. The summed E-state index contributed by atoms with van der Waals surface area (Å²) in [6, 6.07) is 15.2. The summed E-state index contributed by atoms with van der Waals surface area (Å²) in [5.41, 5.74) is 3.34. The number of hydrogen-bond acceptors (Lipinski definition) is 5. The van der Waals surface area contributed by atoms with E-state index in [0.29, 0.717) is 48.6 Å². The van der Waals surface area contributed by atoms with Gasteiger partial charge in [0.25, 0.3) is 0 Å². The maximum absolute atomic E-state index is 12.7. The van der Waals surface area contributed by atoms with Crippen molar-refractivity contribution in [2.75, 3.05) is 31.6 Å². The monoisotopic (exact) mass is 440 g/mol. The van der Waals surface area contributed by atoms with Gasteiger partial charge in [0.05, 0.1) is 17.9 Å². The van der Waals surface area contributed by atoms with E-state index in [2.05, 4.69) is 10.4 Å². The number of aromatic nitrogens is 2. The molecule has 2 aromatic carbocycles. The standard InChI is InChI=1S/C23H25ClN4O3/c1-3-27(14-19-16(2)26-28(23(19)24)18-7-5-4-6-8-18)15-22(29)25-17-9-10-20-21(13-17)31-12-11-30-20/h4-10,13H,3,11-12,14-15H2,1-2H3,(H,25,29). The van der Waals surface area contributed by atoms with Gasteiger partial charge in [0.15, 0.2) is 11.5 Å². The molecule has 0 fully saturated rings. The van der Waals surface area contributed by atoms with Crippen molar-refractivity contribution in [3.63, 3.8) is 0 Å². The fourth-order valence-corrected chi connectivity index (χ4v) is 3.81. The molecular formula is C23H25ClN4O3. The number of carbonyl (C=O) groups is 1. The first-order valence-electron chi connectivity index (χ1n) is 10.3. The van der Waals surface area contributed by atoms with Gasteiger partial charge in [-0.3, -0.25) is 9.69 Å². The number of nitrogens with one attached hydrogen (secondary N) is 1. The van der Waals surface area contributed by atoms with Crippen molar-refractivity contribution in [3.8, 4) is 17.2 Å². The Bertz CT molecular complexity index is 1070. The van der Waals surface area contributed by atoms with Crippen LogP contribution in [0.3, 0.4) is 0 Å². The molecule has 2 heterocycles. The van der Waals surface area contributed by atoms with E-state index in [0.717, 1.165) is 16.9 Å². The van der Waals surface area contributed by atoms with E-state index in [9.17, 15) is 4.79 Å². The van der Waals surface area contributed by atoms with Crippen LogP contribution in [0.25, 0.3) is 5.69 Å². The number of anilines is 1. The van der Waals surface area contributed by atoms with Crippen molar-refractivity contribution in [1.82, 2.24) is 14.7 Å². The van der Waals surface area contributed by atoms with Crippen LogP contribution in [0.15, 0.2) is 48.5 Å². The van der Waals surface area contributed by atoms with Crippen molar-refractivity contribution < 1.29 is 14.3 Å². The van der Waals surface area contributed by atoms with E-state index >= 15 is 0 Å². The Morgan fingerprint density at radius 2 is 1.90 bits per heavy atom. The third-order valence-corrected chi connectivity index (χ3v) is 5.53. The highest BCUT2D eigenvalue weighted by Gasteiger charge is 2.19. The zero-order valence-electron chi connectivity index (χ0n) is 17.6. The Labute approximate surface area is 186 Å². The smallest absolute Gasteiger partial charge is 0.238 e.